The molecule has 0 unspecified atom stereocenters. The summed E-state index contributed by atoms with van der Waals surface area (Å²) in [6, 6.07) is 13.6. The summed E-state index contributed by atoms with van der Waals surface area (Å²) in [6.07, 6.45) is 4.50. The van der Waals surface area contributed by atoms with Gasteiger partial charge in [-0.2, -0.15) is 4.98 Å². The quantitative estimate of drug-likeness (QED) is 0.368. The van der Waals surface area contributed by atoms with E-state index in [4.69, 9.17) is 9.97 Å². The van der Waals surface area contributed by atoms with Gasteiger partial charge in [0.25, 0.3) is 5.56 Å². The zero-order valence-corrected chi connectivity index (χ0v) is 22.0. The second-order valence-electron chi connectivity index (χ2n) is 9.88. The number of nitrogens with zero attached hydrogens (tertiary/aromatic N) is 8. The Kier molecular flexibility index (Phi) is 6.57. The Balaban J connectivity index is 1.34. The van der Waals surface area contributed by atoms with E-state index in [1.54, 1.807) is 21.7 Å². The molecule has 0 aliphatic carbocycles. The van der Waals surface area contributed by atoms with Gasteiger partial charge < -0.3 is 15.1 Å². The molecule has 3 aromatic heterocycles. The molecule has 0 saturated carbocycles. The number of likely N-dealkylation sites (N-methyl/N-ethyl adjacent to an activating group) is 1. The summed E-state index contributed by atoms with van der Waals surface area (Å²) in [5.74, 6) is 1.46. The molecular formula is C28H31N9O2. The molecule has 0 atom stereocenters. The highest BCUT2D eigenvalue weighted by Gasteiger charge is 2.24. The third-order valence-corrected chi connectivity index (χ3v) is 7.26. The van der Waals surface area contributed by atoms with Gasteiger partial charge in [0.1, 0.15) is 11.2 Å². The number of amides is 1. The third kappa shape index (κ3) is 4.76. The van der Waals surface area contributed by atoms with Crippen molar-refractivity contribution in [3.63, 3.8) is 0 Å². The third-order valence-electron chi connectivity index (χ3n) is 7.26. The molecule has 2 saturated heterocycles. The number of allylic oxidation sites excluding steroid dienone is 1. The minimum atomic E-state index is -0.238. The molecule has 2 aliphatic heterocycles. The number of hydrogen-bond donors (Lipinski definition) is 1. The molecule has 2 aliphatic rings. The van der Waals surface area contributed by atoms with Gasteiger partial charge in [-0.15, -0.1) is 6.58 Å². The van der Waals surface area contributed by atoms with E-state index in [-0.39, 0.29) is 18.0 Å². The molecule has 0 spiro atoms. The van der Waals surface area contributed by atoms with Crippen LogP contribution in [0.1, 0.15) is 12.8 Å². The fourth-order valence-corrected chi connectivity index (χ4v) is 5.13. The van der Waals surface area contributed by atoms with E-state index in [1.807, 2.05) is 24.3 Å². The maximum absolute atomic E-state index is 13.3. The molecule has 11 nitrogen and oxygen atoms in total. The van der Waals surface area contributed by atoms with Crippen molar-refractivity contribution in [2.45, 2.75) is 19.4 Å². The van der Waals surface area contributed by atoms with Gasteiger partial charge in [0.05, 0.1) is 6.54 Å². The molecule has 5 heterocycles. The van der Waals surface area contributed by atoms with Gasteiger partial charge in [0.2, 0.25) is 11.9 Å². The maximum atomic E-state index is 13.3. The number of fused-ring (bicyclic) bond motifs is 1. The number of pyridine rings is 1. The van der Waals surface area contributed by atoms with E-state index in [9.17, 15) is 9.59 Å². The van der Waals surface area contributed by atoms with Crippen molar-refractivity contribution in [3.8, 4) is 5.82 Å². The molecule has 11 heteroatoms. The molecule has 39 heavy (non-hydrogen) atoms. The van der Waals surface area contributed by atoms with Crippen LogP contribution in [0.25, 0.3) is 16.9 Å². The normalized spacial score (nSPS) is 16.3. The molecular weight excluding hydrogens is 494 g/mol. The molecule has 4 aromatic rings. The largest absolute Gasteiger partial charge is 0.369 e. The number of hydrogen-bond acceptors (Lipinski definition) is 8. The van der Waals surface area contributed by atoms with E-state index in [0.717, 1.165) is 38.3 Å². The number of aromatic nitrogens is 5. The lowest BCUT2D eigenvalue weighted by Gasteiger charge is -2.34. The van der Waals surface area contributed by atoms with Crippen molar-refractivity contribution in [2.75, 3.05) is 54.9 Å². The van der Waals surface area contributed by atoms with Crippen LogP contribution in [0.3, 0.4) is 0 Å². The van der Waals surface area contributed by atoms with Crippen LogP contribution in [0.4, 0.5) is 23.1 Å². The number of benzene rings is 1. The van der Waals surface area contributed by atoms with E-state index in [0.29, 0.717) is 41.6 Å². The number of rotatable bonds is 7. The van der Waals surface area contributed by atoms with Gasteiger partial charge in [0, 0.05) is 56.7 Å². The van der Waals surface area contributed by atoms with Gasteiger partial charge in [-0.3, -0.25) is 14.5 Å². The van der Waals surface area contributed by atoms with Crippen LogP contribution in [0.15, 0.2) is 66.1 Å². The number of carbonyl (C=O) groups excluding carboxylic acids is 1. The van der Waals surface area contributed by atoms with Crippen LogP contribution < -0.4 is 20.7 Å². The highest BCUT2D eigenvalue weighted by atomic mass is 16.2. The van der Waals surface area contributed by atoms with Gasteiger partial charge in [0.15, 0.2) is 11.5 Å². The summed E-state index contributed by atoms with van der Waals surface area (Å²) in [5.41, 5.74) is 2.21. The van der Waals surface area contributed by atoms with Crippen LogP contribution in [0, 0.1) is 0 Å². The molecule has 1 aromatic carbocycles. The standard InChI is InChI=1S/C28H31N9O2/c1-3-13-36-27(39)22-19-29-28(30-20-9-11-21(12-10-20)34-17-15-33(2)16-18-34)32-26(22)37(36)24-7-4-6-23(31-24)35-14-5-8-25(35)38/h3-4,6-7,9-12,19H,1,5,8,13-18H2,2H3,(H,29,30,32). The summed E-state index contributed by atoms with van der Waals surface area (Å²) < 4.78 is 3.20. The lowest BCUT2D eigenvalue weighted by atomic mass is 10.2. The minimum Gasteiger partial charge on any atom is -0.369 e. The van der Waals surface area contributed by atoms with Gasteiger partial charge in [-0.1, -0.05) is 12.1 Å². The summed E-state index contributed by atoms with van der Waals surface area (Å²) in [6.45, 7) is 8.81. The Morgan fingerprint density at radius 1 is 0.974 bits per heavy atom. The Morgan fingerprint density at radius 3 is 2.46 bits per heavy atom. The van der Waals surface area contributed by atoms with Gasteiger partial charge in [-0.25, -0.2) is 19.3 Å². The van der Waals surface area contributed by atoms with Crippen LogP contribution in [0.2, 0.25) is 0 Å². The fraction of sp³-hybridized carbons (Fsp3) is 0.321. The van der Waals surface area contributed by atoms with Crippen molar-refractivity contribution in [2.24, 2.45) is 0 Å². The van der Waals surface area contributed by atoms with Gasteiger partial charge >= 0.3 is 0 Å². The molecule has 2 fully saturated rings. The average Bonchev–Trinajstić information content (AvgIpc) is 3.50. The van der Waals surface area contributed by atoms with Crippen molar-refractivity contribution in [3.05, 3.63) is 71.7 Å². The SMILES string of the molecule is C=CCn1c(=O)c2cnc(Nc3ccc(N4CCN(C)CC4)cc3)nc2n1-c1cccc(N2CCCC2=O)n1. The van der Waals surface area contributed by atoms with E-state index >= 15 is 0 Å². The Morgan fingerprint density at radius 2 is 1.74 bits per heavy atom. The van der Waals surface area contributed by atoms with Crippen LogP contribution in [-0.2, 0) is 11.3 Å². The highest BCUT2D eigenvalue weighted by molar-refractivity contribution is 5.94. The van der Waals surface area contributed by atoms with Crippen LogP contribution >= 0.6 is 0 Å². The molecule has 0 bridgehead atoms. The predicted octanol–water partition coefficient (Wildman–Crippen LogP) is 2.79. The summed E-state index contributed by atoms with van der Waals surface area (Å²) in [4.78, 5) is 45.9. The lowest BCUT2D eigenvalue weighted by Crippen LogP contribution is -2.44. The molecule has 1 amide bonds. The summed E-state index contributed by atoms with van der Waals surface area (Å²) in [7, 11) is 2.15. The van der Waals surface area contributed by atoms with Gasteiger partial charge in [-0.05, 0) is 49.9 Å². The van der Waals surface area contributed by atoms with Crippen LogP contribution in [0.5, 0.6) is 0 Å². The number of carbonyl (C=O) groups is 1. The molecule has 0 radical (unpaired) electrons. The monoisotopic (exact) mass is 525 g/mol. The first-order valence-electron chi connectivity index (χ1n) is 13.2. The number of nitrogens with one attached hydrogen (secondary N) is 1. The Bertz CT molecular complexity index is 1580. The molecule has 6 rings (SSSR count). The van der Waals surface area contributed by atoms with E-state index < -0.39 is 0 Å². The molecule has 200 valence electrons. The average molecular weight is 526 g/mol. The fourth-order valence-electron chi connectivity index (χ4n) is 5.13. The molecule has 1 N–H and O–H groups in total. The first-order chi connectivity index (χ1) is 19.0. The Hall–Kier alpha value is -4.51. The second-order valence-corrected chi connectivity index (χ2v) is 9.88. The topological polar surface area (TPSA) is 104 Å². The zero-order valence-electron chi connectivity index (χ0n) is 22.0. The smallest absolute Gasteiger partial charge is 0.278 e. The highest BCUT2D eigenvalue weighted by Crippen LogP contribution is 2.24. The maximum Gasteiger partial charge on any atom is 0.278 e. The lowest BCUT2D eigenvalue weighted by molar-refractivity contribution is -0.117. The summed E-state index contributed by atoms with van der Waals surface area (Å²) in [5, 5.41) is 3.64. The Labute approximate surface area is 226 Å². The number of anilines is 4. The van der Waals surface area contributed by atoms with E-state index in [1.165, 1.54) is 16.6 Å². The van der Waals surface area contributed by atoms with Crippen molar-refractivity contribution < 1.29 is 4.79 Å². The first kappa shape index (κ1) is 24.8. The predicted molar refractivity (Wildman–Crippen MR) is 152 cm³/mol. The number of piperazine rings is 1. The first-order valence-corrected chi connectivity index (χ1v) is 13.2. The van der Waals surface area contributed by atoms with E-state index in [2.05, 4.69) is 45.9 Å². The van der Waals surface area contributed by atoms with Crippen LogP contribution in [-0.4, -0.2) is 74.9 Å². The van der Waals surface area contributed by atoms with Crippen molar-refractivity contribution in [1.82, 2.24) is 29.2 Å². The summed E-state index contributed by atoms with van der Waals surface area (Å²) >= 11 is 0. The van der Waals surface area contributed by atoms with Crippen molar-refractivity contribution >= 4 is 40.1 Å². The zero-order chi connectivity index (χ0) is 26.9. The van der Waals surface area contributed by atoms with Crippen molar-refractivity contribution in [1.29, 1.82) is 0 Å². The minimum absolute atomic E-state index is 0.0490. The second kappa shape index (κ2) is 10.3.